The van der Waals surface area contributed by atoms with Gasteiger partial charge in [-0.1, -0.05) is 65.0 Å². The van der Waals surface area contributed by atoms with Gasteiger partial charge in [-0.3, -0.25) is 19.2 Å². The molecule has 8 heteroatoms. The van der Waals surface area contributed by atoms with Gasteiger partial charge >= 0.3 is 0 Å². The molecule has 0 saturated heterocycles. The van der Waals surface area contributed by atoms with E-state index in [4.69, 9.17) is 0 Å². The lowest BCUT2D eigenvalue weighted by molar-refractivity contribution is -0.135. The number of carbonyl (C=O) groups excluding carboxylic acids is 4. The third-order valence-corrected chi connectivity index (χ3v) is 4.77. The lowest BCUT2D eigenvalue weighted by Gasteiger charge is -2.27. The maximum atomic E-state index is 12.8. The van der Waals surface area contributed by atoms with Gasteiger partial charge in [0.2, 0.25) is 23.6 Å². The Morgan fingerprint density at radius 1 is 0.848 bits per heavy atom. The first-order valence-corrected chi connectivity index (χ1v) is 11.3. The minimum atomic E-state index is -0.794. The third kappa shape index (κ3) is 10.5. The first-order valence-electron chi connectivity index (χ1n) is 11.3. The standard InChI is InChI=1S/C25H40N4O4/c1-16(2)20(28-23(33)24(3,4)5)22(32)26-15-19(30)27-18(21(31)29-25(6,7)8)14-17-12-10-9-11-13-17/h9-13,16,18,20H,14-15H2,1-8H3,(H,26,32)(H,27,30)(H,28,33)(H,29,31)/t18-,20-/m0/s1. The molecule has 0 radical (unpaired) electrons. The van der Waals surface area contributed by atoms with E-state index in [0.29, 0.717) is 6.42 Å². The molecule has 0 aliphatic carbocycles. The van der Waals surface area contributed by atoms with Crippen LogP contribution in [-0.4, -0.2) is 47.8 Å². The van der Waals surface area contributed by atoms with Crippen molar-refractivity contribution in [1.29, 1.82) is 0 Å². The number of carbonyl (C=O) groups is 4. The number of benzene rings is 1. The second-order valence-corrected chi connectivity index (χ2v) is 10.7. The molecule has 0 aromatic heterocycles. The smallest absolute Gasteiger partial charge is 0.243 e. The summed E-state index contributed by atoms with van der Waals surface area (Å²) in [5.41, 5.74) is -0.197. The Hall–Kier alpha value is -2.90. The molecular formula is C25H40N4O4. The molecule has 1 aromatic carbocycles. The van der Waals surface area contributed by atoms with Gasteiger partial charge in [-0.05, 0) is 32.3 Å². The normalized spacial score (nSPS) is 13.6. The summed E-state index contributed by atoms with van der Waals surface area (Å²) in [7, 11) is 0. The summed E-state index contributed by atoms with van der Waals surface area (Å²) < 4.78 is 0. The Bertz CT molecular complexity index is 823. The van der Waals surface area contributed by atoms with Crippen molar-refractivity contribution in [3.8, 4) is 0 Å². The fraction of sp³-hybridized carbons (Fsp3) is 0.600. The maximum absolute atomic E-state index is 12.8. The fourth-order valence-electron chi connectivity index (χ4n) is 2.93. The van der Waals surface area contributed by atoms with Crippen LogP contribution in [0.3, 0.4) is 0 Å². The Balaban J connectivity index is 2.81. The first-order chi connectivity index (χ1) is 15.1. The average molecular weight is 461 g/mol. The van der Waals surface area contributed by atoms with Crippen molar-refractivity contribution in [3.63, 3.8) is 0 Å². The summed E-state index contributed by atoms with van der Waals surface area (Å²) in [6.45, 7) is 14.2. The fourth-order valence-corrected chi connectivity index (χ4v) is 2.93. The number of hydrogen-bond donors (Lipinski definition) is 4. The monoisotopic (exact) mass is 460 g/mol. The van der Waals surface area contributed by atoms with Gasteiger partial charge < -0.3 is 21.3 Å². The molecule has 1 aromatic rings. The third-order valence-electron chi connectivity index (χ3n) is 4.77. The van der Waals surface area contributed by atoms with Gasteiger partial charge in [-0.2, -0.15) is 0 Å². The van der Waals surface area contributed by atoms with Crippen LogP contribution in [0, 0.1) is 11.3 Å². The molecule has 33 heavy (non-hydrogen) atoms. The van der Waals surface area contributed by atoms with Crippen molar-refractivity contribution < 1.29 is 19.2 Å². The van der Waals surface area contributed by atoms with Crippen LogP contribution in [0.2, 0.25) is 0 Å². The maximum Gasteiger partial charge on any atom is 0.243 e. The summed E-state index contributed by atoms with van der Waals surface area (Å²) in [4.78, 5) is 50.4. The van der Waals surface area contributed by atoms with Crippen LogP contribution in [0.4, 0.5) is 0 Å². The van der Waals surface area contributed by atoms with Crippen molar-refractivity contribution in [2.24, 2.45) is 11.3 Å². The Morgan fingerprint density at radius 3 is 1.91 bits per heavy atom. The van der Waals surface area contributed by atoms with Crippen LogP contribution in [0.5, 0.6) is 0 Å². The lowest BCUT2D eigenvalue weighted by atomic mass is 9.93. The van der Waals surface area contributed by atoms with Gasteiger partial charge in [0.25, 0.3) is 0 Å². The Kier molecular flexibility index (Phi) is 10.1. The van der Waals surface area contributed by atoms with Gasteiger partial charge in [-0.25, -0.2) is 0 Å². The highest BCUT2D eigenvalue weighted by molar-refractivity contribution is 5.93. The van der Waals surface area contributed by atoms with Crippen LogP contribution < -0.4 is 21.3 Å². The van der Waals surface area contributed by atoms with E-state index in [9.17, 15) is 19.2 Å². The molecule has 4 N–H and O–H groups in total. The van der Waals surface area contributed by atoms with E-state index < -0.39 is 34.9 Å². The van der Waals surface area contributed by atoms with Crippen molar-refractivity contribution in [3.05, 3.63) is 35.9 Å². The highest BCUT2D eigenvalue weighted by atomic mass is 16.2. The molecule has 0 bridgehead atoms. The second kappa shape index (κ2) is 11.8. The lowest BCUT2D eigenvalue weighted by Crippen LogP contribution is -2.56. The zero-order chi connectivity index (χ0) is 25.4. The quantitative estimate of drug-likeness (QED) is 0.451. The summed E-state index contributed by atoms with van der Waals surface area (Å²) >= 11 is 0. The highest BCUT2D eigenvalue weighted by Gasteiger charge is 2.30. The van der Waals surface area contributed by atoms with Gasteiger partial charge in [0.05, 0.1) is 6.54 Å². The molecule has 0 unspecified atom stereocenters. The predicted octanol–water partition coefficient (Wildman–Crippen LogP) is 1.93. The second-order valence-electron chi connectivity index (χ2n) is 10.7. The van der Waals surface area contributed by atoms with Crippen molar-refractivity contribution >= 4 is 23.6 Å². The zero-order valence-corrected chi connectivity index (χ0v) is 21.2. The van der Waals surface area contributed by atoms with Crippen LogP contribution >= 0.6 is 0 Å². The Morgan fingerprint density at radius 2 is 1.42 bits per heavy atom. The topological polar surface area (TPSA) is 116 Å². The van der Waals surface area contributed by atoms with Gasteiger partial charge in [0.1, 0.15) is 12.1 Å². The minimum Gasteiger partial charge on any atom is -0.350 e. The number of amides is 4. The van der Waals surface area contributed by atoms with Gasteiger partial charge in [-0.15, -0.1) is 0 Å². The molecule has 8 nitrogen and oxygen atoms in total. The van der Waals surface area contributed by atoms with E-state index in [2.05, 4.69) is 21.3 Å². The summed E-state index contributed by atoms with van der Waals surface area (Å²) in [6.07, 6.45) is 0.318. The summed E-state index contributed by atoms with van der Waals surface area (Å²) in [6, 6.07) is 7.83. The summed E-state index contributed by atoms with van der Waals surface area (Å²) in [5, 5.41) is 10.9. The molecule has 0 saturated carbocycles. The van der Waals surface area contributed by atoms with E-state index in [0.717, 1.165) is 5.56 Å². The molecular weight excluding hydrogens is 420 g/mol. The van der Waals surface area contributed by atoms with E-state index in [1.54, 1.807) is 20.8 Å². The SMILES string of the molecule is CC(C)[C@H](NC(=O)C(C)(C)C)C(=O)NCC(=O)N[C@@H](Cc1ccccc1)C(=O)NC(C)(C)C. The van der Waals surface area contributed by atoms with E-state index >= 15 is 0 Å². The molecule has 0 aliphatic rings. The molecule has 0 fully saturated rings. The Labute approximate surface area is 197 Å². The number of hydrogen-bond acceptors (Lipinski definition) is 4. The first kappa shape index (κ1) is 28.1. The largest absolute Gasteiger partial charge is 0.350 e. The van der Waals surface area contributed by atoms with Crippen molar-refractivity contribution in [2.75, 3.05) is 6.54 Å². The van der Waals surface area contributed by atoms with E-state index in [1.807, 2.05) is 65.0 Å². The van der Waals surface area contributed by atoms with Crippen LogP contribution in [0.1, 0.15) is 61.0 Å². The van der Waals surface area contributed by atoms with Gasteiger partial charge in [0, 0.05) is 17.4 Å². The minimum absolute atomic E-state index is 0.164. The van der Waals surface area contributed by atoms with Gasteiger partial charge in [0.15, 0.2) is 0 Å². The molecule has 1 rings (SSSR count). The van der Waals surface area contributed by atoms with E-state index in [-0.39, 0.29) is 24.3 Å². The van der Waals surface area contributed by atoms with Crippen molar-refractivity contribution in [2.45, 2.75) is 79.4 Å². The molecule has 4 amide bonds. The molecule has 2 atom stereocenters. The zero-order valence-electron chi connectivity index (χ0n) is 21.2. The summed E-state index contributed by atoms with van der Waals surface area (Å²) in [5.74, 6) is -1.65. The van der Waals surface area contributed by atoms with Crippen LogP contribution in [0.15, 0.2) is 30.3 Å². The number of rotatable bonds is 9. The van der Waals surface area contributed by atoms with E-state index in [1.165, 1.54) is 0 Å². The molecule has 0 aliphatic heterocycles. The average Bonchev–Trinajstić information content (AvgIpc) is 2.68. The van der Waals surface area contributed by atoms with Crippen molar-refractivity contribution in [1.82, 2.24) is 21.3 Å². The molecule has 0 spiro atoms. The van der Waals surface area contributed by atoms with Crippen LogP contribution in [-0.2, 0) is 25.6 Å². The predicted molar refractivity (Wildman–Crippen MR) is 129 cm³/mol. The van der Waals surface area contributed by atoms with Crippen LogP contribution in [0.25, 0.3) is 0 Å². The number of nitrogens with one attached hydrogen (secondary N) is 4. The molecule has 0 heterocycles. The molecule has 184 valence electrons. The highest BCUT2D eigenvalue weighted by Crippen LogP contribution is 2.14.